The van der Waals surface area contributed by atoms with Gasteiger partial charge in [0.05, 0.1) is 37.0 Å². The number of carbonyl (C=O) groups excluding carboxylic acids is 2. The Bertz CT molecular complexity index is 1580. The maximum Gasteiger partial charge on any atom is 1.00 e. The number of cyclic esters (lactones) is 2. The molecule has 0 bridgehead atoms. The second kappa shape index (κ2) is 20.6. The van der Waals surface area contributed by atoms with E-state index in [1.165, 1.54) is 33.1 Å². The molecule has 248 valence electrons. The molecule has 15 nitrogen and oxygen atoms in total. The molecule has 16 heteroatoms. The number of carbonyl (C=O) groups is 3. The van der Waals surface area contributed by atoms with Gasteiger partial charge in [-0.25, -0.2) is 14.4 Å². The number of hydrazone groups is 1. The average Bonchev–Trinajstić information content (AvgIpc) is 3.04. The number of esters is 2. The van der Waals surface area contributed by atoms with Gasteiger partial charge in [0.2, 0.25) is 0 Å². The predicted octanol–water partition coefficient (Wildman–Crippen LogP) is -0.918. The van der Waals surface area contributed by atoms with Gasteiger partial charge in [-0.2, -0.15) is 22.0 Å². The van der Waals surface area contributed by atoms with Crippen molar-refractivity contribution in [1.29, 1.82) is 0 Å². The van der Waals surface area contributed by atoms with E-state index in [0.717, 1.165) is 30.3 Å². The molecule has 4 rings (SSSR count). The van der Waals surface area contributed by atoms with Crippen LogP contribution < -0.4 is 55.1 Å². The van der Waals surface area contributed by atoms with Crippen LogP contribution in [0.3, 0.4) is 0 Å². The summed E-state index contributed by atoms with van der Waals surface area (Å²) in [5, 5.41) is 32.4. The molecule has 3 aromatic rings. The van der Waals surface area contributed by atoms with Gasteiger partial charge < -0.3 is 34.3 Å². The van der Waals surface area contributed by atoms with Crippen molar-refractivity contribution in [1.82, 2.24) is 9.78 Å². The van der Waals surface area contributed by atoms with E-state index in [4.69, 9.17) is 34.3 Å². The van der Waals surface area contributed by atoms with Gasteiger partial charge in [-0.3, -0.25) is 10.2 Å². The SMILES string of the molecule is CO.COc1ccc(-n2nc(C)cc(C(=O)O)c2=O)cc1.COc1ccc(N/N=C(/C)C=C2C(=O)OC(C)(C)OC2=O)cc1.C[O-].[Na+]. The Balaban J connectivity index is 0.000000809. The third kappa shape index (κ3) is 13.0. The van der Waals surface area contributed by atoms with Gasteiger partial charge >= 0.3 is 47.5 Å². The maximum atomic E-state index is 12.0. The fourth-order valence-corrected chi connectivity index (χ4v) is 3.51. The summed E-state index contributed by atoms with van der Waals surface area (Å²) in [5.74, 6) is -2.61. The minimum Gasteiger partial charge on any atom is -0.857 e. The molecule has 0 atom stereocenters. The zero-order valence-electron chi connectivity index (χ0n) is 27.7. The van der Waals surface area contributed by atoms with E-state index in [1.807, 2.05) is 0 Å². The number of aryl methyl sites for hydroxylation is 1. The number of aromatic nitrogens is 2. The van der Waals surface area contributed by atoms with E-state index in [-0.39, 0.29) is 40.7 Å². The molecule has 0 radical (unpaired) electrons. The van der Waals surface area contributed by atoms with Crippen LogP contribution in [0.2, 0.25) is 0 Å². The second-order valence-electron chi connectivity index (χ2n) is 9.25. The molecular formula is C31H37N4NaO11. The van der Waals surface area contributed by atoms with E-state index in [1.54, 1.807) is 69.5 Å². The third-order valence-corrected chi connectivity index (χ3v) is 5.50. The number of carboxylic acids is 1. The smallest absolute Gasteiger partial charge is 0.857 e. The number of nitrogens with zero attached hydrogens (tertiary/aromatic N) is 3. The number of ether oxygens (including phenoxy) is 4. The van der Waals surface area contributed by atoms with E-state index < -0.39 is 29.3 Å². The van der Waals surface area contributed by atoms with Crippen LogP contribution in [0.5, 0.6) is 11.5 Å². The number of aromatic carboxylic acids is 1. The summed E-state index contributed by atoms with van der Waals surface area (Å²) < 4.78 is 21.2. The second-order valence-corrected chi connectivity index (χ2v) is 9.25. The van der Waals surface area contributed by atoms with E-state index >= 15 is 0 Å². The van der Waals surface area contributed by atoms with E-state index in [0.29, 0.717) is 22.8 Å². The molecule has 1 fully saturated rings. The van der Waals surface area contributed by atoms with Gasteiger partial charge in [0.25, 0.3) is 11.3 Å². The van der Waals surface area contributed by atoms with Crippen molar-refractivity contribution in [3.8, 4) is 17.2 Å². The molecule has 0 unspecified atom stereocenters. The van der Waals surface area contributed by atoms with Crippen LogP contribution in [0.25, 0.3) is 5.69 Å². The molecular weight excluding hydrogens is 627 g/mol. The zero-order chi connectivity index (χ0) is 35.0. The van der Waals surface area contributed by atoms with Crippen molar-refractivity contribution >= 4 is 29.3 Å². The monoisotopic (exact) mass is 664 g/mol. The minimum atomic E-state index is -1.27. The van der Waals surface area contributed by atoms with Crippen molar-refractivity contribution < 1.29 is 78.2 Å². The Labute approximate surface area is 293 Å². The number of rotatable bonds is 7. The van der Waals surface area contributed by atoms with Crippen LogP contribution >= 0.6 is 0 Å². The molecule has 2 heterocycles. The summed E-state index contributed by atoms with van der Waals surface area (Å²) in [6.07, 6.45) is 1.32. The first-order chi connectivity index (χ1) is 21.8. The van der Waals surface area contributed by atoms with Gasteiger partial charge in [0.1, 0.15) is 22.6 Å². The fourth-order valence-electron chi connectivity index (χ4n) is 3.51. The van der Waals surface area contributed by atoms with Crippen LogP contribution in [0.15, 0.2) is 76.1 Å². The van der Waals surface area contributed by atoms with Gasteiger partial charge in [0.15, 0.2) is 0 Å². The molecule has 0 saturated carbocycles. The molecule has 0 spiro atoms. The number of carboxylic acid groups (broad SMARTS) is 1. The number of hydrogen-bond donors (Lipinski definition) is 3. The van der Waals surface area contributed by atoms with Crippen LogP contribution in [0.4, 0.5) is 5.69 Å². The van der Waals surface area contributed by atoms with Crippen LogP contribution in [-0.4, -0.2) is 77.8 Å². The quantitative estimate of drug-likeness (QED) is 0.0698. The number of nitrogens with one attached hydrogen (secondary N) is 1. The minimum absolute atomic E-state index is 0. The number of aliphatic hydroxyl groups excluding tert-OH is 1. The van der Waals surface area contributed by atoms with Gasteiger partial charge in [-0.1, -0.05) is 0 Å². The fraction of sp³-hybridized carbons (Fsp3) is 0.290. The summed E-state index contributed by atoms with van der Waals surface area (Å²) >= 11 is 0. The normalized spacial score (nSPS) is 12.8. The van der Waals surface area contributed by atoms with E-state index in [2.05, 4.69) is 15.6 Å². The molecule has 0 amide bonds. The van der Waals surface area contributed by atoms with Gasteiger partial charge in [-0.05, 0) is 74.5 Å². The van der Waals surface area contributed by atoms with Crippen LogP contribution in [0.1, 0.15) is 36.8 Å². The number of aliphatic hydroxyl groups is 1. The van der Waals surface area contributed by atoms with E-state index in [9.17, 15) is 19.2 Å². The Hall–Kier alpha value is -4.54. The number of allylic oxidation sites excluding steroid dienone is 1. The Morgan fingerprint density at radius 1 is 0.957 bits per heavy atom. The van der Waals surface area contributed by atoms with Crippen molar-refractivity contribution in [2.24, 2.45) is 5.10 Å². The summed E-state index contributed by atoms with van der Waals surface area (Å²) in [4.78, 5) is 46.6. The summed E-state index contributed by atoms with van der Waals surface area (Å²) in [5.41, 5.74) is 3.75. The molecule has 3 N–H and O–H groups in total. The first-order valence-electron chi connectivity index (χ1n) is 13.3. The van der Waals surface area contributed by atoms with Crippen molar-refractivity contribution in [2.45, 2.75) is 33.5 Å². The van der Waals surface area contributed by atoms with Gasteiger partial charge in [0, 0.05) is 21.0 Å². The Kier molecular flexibility index (Phi) is 18.6. The molecule has 1 saturated heterocycles. The molecule has 1 aliphatic heterocycles. The topological polar surface area (TPSA) is 211 Å². The first-order valence-corrected chi connectivity index (χ1v) is 13.3. The van der Waals surface area contributed by atoms with Crippen molar-refractivity contribution in [3.63, 3.8) is 0 Å². The average molecular weight is 665 g/mol. The summed E-state index contributed by atoms with van der Waals surface area (Å²) in [6.45, 7) is 6.26. The maximum absolute atomic E-state index is 12.0. The summed E-state index contributed by atoms with van der Waals surface area (Å²) in [6, 6.07) is 15.0. The van der Waals surface area contributed by atoms with Crippen molar-refractivity contribution in [2.75, 3.05) is 33.9 Å². The molecule has 1 aromatic heterocycles. The third-order valence-electron chi connectivity index (χ3n) is 5.50. The molecule has 47 heavy (non-hydrogen) atoms. The number of benzene rings is 2. The Morgan fingerprint density at radius 2 is 1.43 bits per heavy atom. The standard InChI is InChI=1S/C16H18N2O5.C13H12N2O4.CH4O.CH3O.Na/c1-10(17-18-11-5-7-12(21-4)8-6-11)9-13-14(19)22-16(2,3)23-15(13)20;1-8-7-11(13(17)18)12(16)15(14-8)9-3-5-10(19-2)6-4-9;2*1-2;/h5-9,18H,1-4H3;3-7H,1-2H3,(H,17,18);2H,1H3;1H3;/q;;;-1;+1/b17-10-;;;;. The predicted molar refractivity (Wildman–Crippen MR) is 166 cm³/mol. The molecule has 0 aliphatic carbocycles. The number of anilines is 1. The van der Waals surface area contributed by atoms with Gasteiger partial charge in [-0.15, -0.1) is 0 Å². The van der Waals surface area contributed by atoms with Crippen molar-refractivity contribution in [3.05, 3.63) is 87.9 Å². The number of hydrogen-bond acceptors (Lipinski definition) is 13. The van der Waals surface area contributed by atoms with Crippen LogP contribution in [0, 0.1) is 6.92 Å². The van der Waals surface area contributed by atoms with Crippen LogP contribution in [-0.2, 0) is 19.1 Å². The zero-order valence-corrected chi connectivity index (χ0v) is 29.7. The molecule has 1 aliphatic rings. The number of methoxy groups -OCH3 is 2. The first kappa shape index (κ1) is 42.5. The molecule has 2 aromatic carbocycles. The summed E-state index contributed by atoms with van der Waals surface area (Å²) in [7, 11) is 4.87. The Morgan fingerprint density at radius 3 is 1.87 bits per heavy atom. The largest absolute Gasteiger partial charge is 1.00 e.